The third-order valence-corrected chi connectivity index (χ3v) is 7.20. The lowest BCUT2D eigenvalue weighted by atomic mass is 10.0. The third-order valence-electron chi connectivity index (χ3n) is 6.97. The standard InChI is InChI=1S/C29H37ClN2O6/c1-3-36-24-15-14-20(16-26(24)35-2)28(29(34)31-21-10-6-4-5-7-11-21)32(27(33)17-30)18-22-19-37-23-12-8-9-13-25(23)38-22/h8-9,12-16,21-22,28H,3-7,10-11,17-19H2,1-2H3,(H,31,34)/t22-,28-/m1/s1. The first kappa shape index (κ1) is 27.9. The fourth-order valence-corrected chi connectivity index (χ4v) is 5.26. The molecule has 206 valence electrons. The summed E-state index contributed by atoms with van der Waals surface area (Å²) in [5, 5.41) is 3.23. The number of ether oxygens (including phenoxy) is 4. The van der Waals surface area contributed by atoms with Gasteiger partial charge in [-0.05, 0) is 49.6 Å². The van der Waals surface area contributed by atoms with Crippen molar-refractivity contribution in [2.75, 3.05) is 32.7 Å². The molecule has 2 amide bonds. The number of para-hydroxylation sites is 2. The van der Waals surface area contributed by atoms with Gasteiger partial charge in [0.05, 0.1) is 20.3 Å². The van der Waals surface area contributed by atoms with Gasteiger partial charge >= 0.3 is 0 Å². The zero-order valence-electron chi connectivity index (χ0n) is 22.1. The van der Waals surface area contributed by atoms with E-state index in [1.54, 1.807) is 25.3 Å². The Morgan fingerprint density at radius 1 is 1.08 bits per heavy atom. The number of nitrogens with zero attached hydrogens (tertiary/aromatic N) is 1. The molecule has 1 heterocycles. The Kier molecular flexibility index (Phi) is 9.98. The van der Waals surface area contributed by atoms with Crippen LogP contribution in [0, 0.1) is 0 Å². The first-order chi connectivity index (χ1) is 18.5. The van der Waals surface area contributed by atoms with Crippen LogP contribution < -0.4 is 24.3 Å². The molecule has 8 nitrogen and oxygen atoms in total. The summed E-state index contributed by atoms with van der Waals surface area (Å²) in [7, 11) is 1.55. The second-order valence-corrected chi connectivity index (χ2v) is 9.89. The SMILES string of the molecule is CCOc1ccc([C@H](C(=O)NC2CCCCCC2)N(C[C@@H]2COc3ccccc3O2)C(=O)CCl)cc1OC. The number of hydrogen-bond acceptors (Lipinski definition) is 6. The molecule has 1 aliphatic carbocycles. The average Bonchev–Trinajstić information content (AvgIpc) is 3.21. The van der Waals surface area contributed by atoms with Crippen molar-refractivity contribution >= 4 is 23.4 Å². The number of carbonyl (C=O) groups excluding carboxylic acids is 2. The van der Waals surface area contributed by atoms with Gasteiger partial charge in [-0.2, -0.15) is 0 Å². The fraction of sp³-hybridized carbons (Fsp3) is 0.517. The van der Waals surface area contributed by atoms with Gasteiger partial charge < -0.3 is 29.2 Å². The van der Waals surface area contributed by atoms with Crippen molar-refractivity contribution in [2.24, 2.45) is 0 Å². The van der Waals surface area contributed by atoms with Crippen LogP contribution in [0.1, 0.15) is 57.1 Å². The van der Waals surface area contributed by atoms with Gasteiger partial charge in [0.2, 0.25) is 11.8 Å². The highest BCUT2D eigenvalue weighted by Gasteiger charge is 2.36. The molecule has 4 rings (SSSR count). The van der Waals surface area contributed by atoms with Crippen molar-refractivity contribution in [3.05, 3.63) is 48.0 Å². The van der Waals surface area contributed by atoms with Crippen molar-refractivity contribution in [1.82, 2.24) is 10.2 Å². The lowest BCUT2D eigenvalue weighted by Gasteiger charge is -2.36. The zero-order chi connectivity index (χ0) is 26.9. The number of halogens is 1. The Balaban J connectivity index is 1.66. The minimum atomic E-state index is -0.935. The van der Waals surface area contributed by atoms with E-state index in [1.807, 2.05) is 31.2 Å². The summed E-state index contributed by atoms with van der Waals surface area (Å²) in [6, 6.07) is 11.8. The number of nitrogens with one attached hydrogen (secondary N) is 1. The zero-order valence-corrected chi connectivity index (χ0v) is 22.9. The van der Waals surface area contributed by atoms with Gasteiger partial charge in [0.1, 0.15) is 18.5 Å². The fourth-order valence-electron chi connectivity index (χ4n) is 5.11. The molecule has 1 saturated carbocycles. The summed E-state index contributed by atoms with van der Waals surface area (Å²) in [5.74, 6) is 1.41. The maximum atomic E-state index is 13.9. The molecule has 0 bridgehead atoms. The number of methoxy groups -OCH3 is 1. The van der Waals surface area contributed by atoms with E-state index in [1.165, 1.54) is 17.7 Å². The van der Waals surface area contributed by atoms with Gasteiger partial charge in [-0.1, -0.05) is 43.9 Å². The summed E-state index contributed by atoms with van der Waals surface area (Å²) in [6.07, 6.45) is 5.85. The monoisotopic (exact) mass is 544 g/mol. The topological polar surface area (TPSA) is 86.3 Å². The quantitative estimate of drug-likeness (QED) is 0.339. The molecule has 38 heavy (non-hydrogen) atoms. The molecule has 0 radical (unpaired) electrons. The van der Waals surface area contributed by atoms with E-state index < -0.39 is 12.1 Å². The van der Waals surface area contributed by atoms with Crippen molar-refractivity contribution < 1.29 is 28.5 Å². The number of fused-ring (bicyclic) bond motifs is 1. The van der Waals surface area contributed by atoms with Gasteiger partial charge in [-0.3, -0.25) is 9.59 Å². The second kappa shape index (κ2) is 13.6. The Bertz CT molecular complexity index is 1090. The highest BCUT2D eigenvalue weighted by Crippen LogP contribution is 2.35. The van der Waals surface area contributed by atoms with Crippen LogP contribution in [-0.2, 0) is 9.59 Å². The van der Waals surface area contributed by atoms with E-state index in [0.717, 1.165) is 25.7 Å². The van der Waals surface area contributed by atoms with E-state index >= 15 is 0 Å². The Morgan fingerprint density at radius 3 is 2.50 bits per heavy atom. The van der Waals surface area contributed by atoms with Gasteiger partial charge in [0.25, 0.3) is 0 Å². The summed E-state index contributed by atoms with van der Waals surface area (Å²) < 4.78 is 23.3. The van der Waals surface area contributed by atoms with E-state index in [-0.39, 0.29) is 36.9 Å². The smallest absolute Gasteiger partial charge is 0.247 e. The third kappa shape index (κ3) is 6.84. The van der Waals surface area contributed by atoms with E-state index in [9.17, 15) is 9.59 Å². The molecule has 2 aromatic rings. The maximum Gasteiger partial charge on any atom is 0.247 e. The molecule has 1 aliphatic heterocycles. The molecular formula is C29H37ClN2O6. The lowest BCUT2D eigenvalue weighted by molar-refractivity contribution is -0.141. The van der Waals surface area contributed by atoms with Gasteiger partial charge in [-0.15, -0.1) is 11.6 Å². The summed E-state index contributed by atoms with van der Waals surface area (Å²) in [6.45, 7) is 2.73. The van der Waals surface area contributed by atoms with Crippen LogP contribution in [0.4, 0.5) is 0 Å². The average molecular weight is 545 g/mol. The summed E-state index contributed by atoms with van der Waals surface area (Å²) >= 11 is 6.08. The normalized spacial score (nSPS) is 18.1. The highest BCUT2D eigenvalue weighted by molar-refractivity contribution is 6.27. The minimum Gasteiger partial charge on any atom is -0.493 e. The summed E-state index contributed by atoms with van der Waals surface area (Å²) in [5.41, 5.74) is 0.604. The van der Waals surface area contributed by atoms with E-state index in [2.05, 4.69) is 5.32 Å². The molecule has 1 N–H and O–H groups in total. The van der Waals surface area contributed by atoms with Gasteiger partial charge in [0.15, 0.2) is 29.1 Å². The van der Waals surface area contributed by atoms with Crippen LogP contribution >= 0.6 is 11.6 Å². The number of benzene rings is 2. The molecule has 0 saturated heterocycles. The van der Waals surface area contributed by atoms with Gasteiger partial charge in [0, 0.05) is 6.04 Å². The van der Waals surface area contributed by atoms with Crippen molar-refractivity contribution in [3.8, 4) is 23.0 Å². The Hall–Kier alpha value is -3.13. The predicted octanol–water partition coefficient (Wildman–Crippen LogP) is 4.88. The highest BCUT2D eigenvalue weighted by atomic mass is 35.5. The number of carbonyl (C=O) groups is 2. The van der Waals surface area contributed by atoms with Gasteiger partial charge in [-0.25, -0.2) is 0 Å². The van der Waals surface area contributed by atoms with Crippen LogP contribution in [0.2, 0.25) is 0 Å². The van der Waals surface area contributed by atoms with Crippen LogP contribution in [0.15, 0.2) is 42.5 Å². The van der Waals surface area contributed by atoms with E-state index in [4.69, 9.17) is 30.5 Å². The molecule has 1 fully saturated rings. The molecule has 2 aliphatic rings. The first-order valence-corrected chi connectivity index (χ1v) is 13.9. The number of alkyl halides is 1. The van der Waals surface area contributed by atoms with Crippen molar-refractivity contribution in [2.45, 2.75) is 63.6 Å². The van der Waals surface area contributed by atoms with Crippen LogP contribution in [0.25, 0.3) is 0 Å². The maximum absolute atomic E-state index is 13.9. The van der Waals surface area contributed by atoms with Crippen molar-refractivity contribution in [3.63, 3.8) is 0 Å². The molecular weight excluding hydrogens is 508 g/mol. The number of hydrogen-bond donors (Lipinski definition) is 1. The van der Waals surface area contributed by atoms with Crippen molar-refractivity contribution in [1.29, 1.82) is 0 Å². The predicted molar refractivity (Wildman–Crippen MR) is 145 cm³/mol. The molecule has 2 aromatic carbocycles. The summed E-state index contributed by atoms with van der Waals surface area (Å²) in [4.78, 5) is 28.7. The van der Waals surface area contributed by atoms with Crippen LogP contribution in [-0.4, -0.2) is 61.6 Å². The lowest BCUT2D eigenvalue weighted by Crippen LogP contribution is -2.51. The second-order valence-electron chi connectivity index (χ2n) is 9.62. The van der Waals surface area contributed by atoms with Crippen LogP contribution in [0.3, 0.4) is 0 Å². The number of rotatable bonds is 10. The van der Waals surface area contributed by atoms with E-state index in [0.29, 0.717) is 35.2 Å². The largest absolute Gasteiger partial charge is 0.493 e. The molecule has 2 atom stereocenters. The Morgan fingerprint density at radius 2 is 1.82 bits per heavy atom. The first-order valence-electron chi connectivity index (χ1n) is 13.4. The molecule has 0 spiro atoms. The minimum absolute atomic E-state index is 0.0613. The molecule has 9 heteroatoms. The molecule has 0 unspecified atom stereocenters. The number of amides is 2. The van der Waals surface area contributed by atoms with Crippen LogP contribution in [0.5, 0.6) is 23.0 Å². The Labute approximate surface area is 229 Å². The molecule has 0 aromatic heterocycles.